The molecular weight excluding hydrogens is 442 g/mol. The standard InChI is InChI=1S/C26H26ClNO5/c1-14-23(26(30)33-4)24(18-13-16(31-2)9-10-22(18)32-3)25-20(28-14)11-15(12-21(25)29)17-7-5-6-8-19(17)27/h5-10,13,15,24,28H,11-12H2,1-4H3/t15-,24+/m1/s1. The van der Waals surface area contributed by atoms with Crippen LogP contribution in [0.3, 0.4) is 0 Å². The lowest BCUT2D eigenvalue weighted by Gasteiger charge is -2.37. The number of Topliss-reactive ketones (excluding diaryl/α,β-unsaturated/α-hetero) is 1. The van der Waals surface area contributed by atoms with Gasteiger partial charge in [-0.3, -0.25) is 4.79 Å². The maximum absolute atomic E-state index is 13.6. The van der Waals surface area contributed by atoms with Crippen LogP contribution in [0.1, 0.15) is 42.7 Å². The van der Waals surface area contributed by atoms with Crippen LogP contribution >= 0.6 is 11.6 Å². The first-order valence-electron chi connectivity index (χ1n) is 10.7. The van der Waals surface area contributed by atoms with E-state index in [1.165, 1.54) is 7.11 Å². The number of allylic oxidation sites excluding steroid dienone is 3. The van der Waals surface area contributed by atoms with Crippen molar-refractivity contribution in [1.82, 2.24) is 5.32 Å². The Kier molecular flexibility index (Phi) is 6.47. The summed E-state index contributed by atoms with van der Waals surface area (Å²) in [6.07, 6.45) is 0.889. The largest absolute Gasteiger partial charge is 0.497 e. The molecule has 0 spiro atoms. The molecule has 0 saturated carbocycles. The predicted molar refractivity (Wildman–Crippen MR) is 126 cm³/mol. The van der Waals surface area contributed by atoms with Gasteiger partial charge in [0.25, 0.3) is 0 Å². The molecule has 1 aliphatic heterocycles. The van der Waals surface area contributed by atoms with E-state index in [9.17, 15) is 9.59 Å². The second kappa shape index (κ2) is 9.32. The van der Waals surface area contributed by atoms with E-state index in [4.69, 9.17) is 25.8 Å². The number of methoxy groups -OCH3 is 3. The first kappa shape index (κ1) is 22.9. The van der Waals surface area contributed by atoms with E-state index >= 15 is 0 Å². The van der Waals surface area contributed by atoms with Crippen molar-refractivity contribution in [2.24, 2.45) is 0 Å². The van der Waals surface area contributed by atoms with Crippen molar-refractivity contribution in [3.8, 4) is 11.5 Å². The number of nitrogens with one attached hydrogen (secondary N) is 1. The molecule has 2 aromatic carbocycles. The highest BCUT2D eigenvalue weighted by atomic mass is 35.5. The number of esters is 1. The van der Waals surface area contributed by atoms with Crippen LogP contribution in [-0.2, 0) is 14.3 Å². The average Bonchev–Trinajstić information content (AvgIpc) is 2.82. The first-order valence-corrected chi connectivity index (χ1v) is 11.1. The van der Waals surface area contributed by atoms with Crippen LogP contribution in [0.4, 0.5) is 0 Å². The van der Waals surface area contributed by atoms with Gasteiger partial charge in [-0.15, -0.1) is 0 Å². The van der Waals surface area contributed by atoms with E-state index in [2.05, 4.69) is 5.32 Å². The topological polar surface area (TPSA) is 73.9 Å². The minimum Gasteiger partial charge on any atom is -0.497 e. The third kappa shape index (κ3) is 4.11. The van der Waals surface area contributed by atoms with Crippen LogP contribution in [0.2, 0.25) is 5.02 Å². The summed E-state index contributed by atoms with van der Waals surface area (Å²) in [5, 5.41) is 3.96. The Morgan fingerprint density at radius 1 is 1.03 bits per heavy atom. The van der Waals surface area contributed by atoms with Crippen molar-refractivity contribution in [3.63, 3.8) is 0 Å². The number of hydrogen-bond acceptors (Lipinski definition) is 6. The molecule has 6 nitrogen and oxygen atoms in total. The van der Waals surface area contributed by atoms with Crippen LogP contribution in [0, 0.1) is 0 Å². The third-order valence-electron chi connectivity index (χ3n) is 6.33. The fraction of sp³-hybridized carbons (Fsp3) is 0.308. The molecule has 2 aromatic rings. The second-order valence-corrected chi connectivity index (χ2v) is 8.55. The van der Waals surface area contributed by atoms with E-state index in [0.29, 0.717) is 51.8 Å². The van der Waals surface area contributed by atoms with Crippen LogP contribution < -0.4 is 14.8 Å². The van der Waals surface area contributed by atoms with E-state index < -0.39 is 11.9 Å². The summed E-state index contributed by atoms with van der Waals surface area (Å²) in [5.41, 5.74) is 3.98. The fourth-order valence-electron chi connectivity index (χ4n) is 4.82. The number of carbonyl (C=O) groups is 2. The Bertz CT molecular complexity index is 1180. The van der Waals surface area contributed by atoms with Crippen LogP contribution in [0.15, 0.2) is 65.0 Å². The van der Waals surface area contributed by atoms with Crippen LogP contribution in [0.5, 0.6) is 11.5 Å². The highest BCUT2D eigenvalue weighted by Crippen LogP contribution is 2.48. The number of ketones is 1. The SMILES string of the molecule is COC(=O)C1=C(C)NC2=C(C(=O)C[C@H](c3ccccc3Cl)C2)[C@H]1c1cc(OC)ccc1OC. The summed E-state index contributed by atoms with van der Waals surface area (Å²) < 4.78 is 16.1. The predicted octanol–water partition coefficient (Wildman–Crippen LogP) is 4.89. The van der Waals surface area contributed by atoms with Crippen molar-refractivity contribution in [1.29, 1.82) is 0 Å². The molecule has 172 valence electrons. The normalized spacial score (nSPS) is 20.2. The number of halogens is 1. The second-order valence-electron chi connectivity index (χ2n) is 8.14. The Balaban J connectivity index is 1.89. The summed E-state index contributed by atoms with van der Waals surface area (Å²) >= 11 is 6.44. The summed E-state index contributed by atoms with van der Waals surface area (Å²) in [4.78, 5) is 26.5. The van der Waals surface area contributed by atoms with Gasteiger partial charge in [0.05, 0.1) is 32.8 Å². The first-order chi connectivity index (χ1) is 15.9. The zero-order valence-corrected chi connectivity index (χ0v) is 19.8. The molecule has 33 heavy (non-hydrogen) atoms. The summed E-state index contributed by atoms with van der Waals surface area (Å²) in [6, 6.07) is 13.0. The zero-order valence-electron chi connectivity index (χ0n) is 19.0. The molecule has 1 aliphatic carbocycles. The molecule has 1 N–H and O–H groups in total. The van der Waals surface area contributed by atoms with Crippen molar-refractivity contribution in [3.05, 3.63) is 81.2 Å². The number of dihydropyridines is 1. The van der Waals surface area contributed by atoms with Crippen LogP contribution in [-0.4, -0.2) is 33.1 Å². The molecule has 0 bridgehead atoms. The van der Waals surface area contributed by atoms with Gasteiger partial charge in [-0.2, -0.15) is 0 Å². The highest BCUT2D eigenvalue weighted by molar-refractivity contribution is 6.31. The number of benzene rings is 2. The fourth-order valence-corrected chi connectivity index (χ4v) is 5.11. The number of rotatable bonds is 5. The van der Waals surface area contributed by atoms with Gasteiger partial charge in [0.15, 0.2) is 5.78 Å². The summed E-state index contributed by atoms with van der Waals surface area (Å²) in [5.74, 6) is -0.0774. The summed E-state index contributed by atoms with van der Waals surface area (Å²) in [7, 11) is 4.47. The molecular formula is C26H26ClNO5. The van der Waals surface area contributed by atoms with Gasteiger partial charge in [0.2, 0.25) is 0 Å². The highest BCUT2D eigenvalue weighted by Gasteiger charge is 2.42. The maximum atomic E-state index is 13.6. The lowest BCUT2D eigenvalue weighted by Crippen LogP contribution is -2.36. The molecule has 4 rings (SSSR count). The molecule has 2 atom stereocenters. The average molecular weight is 468 g/mol. The van der Waals surface area contributed by atoms with Gasteiger partial charge in [-0.1, -0.05) is 29.8 Å². The Labute approximate surface area is 198 Å². The minimum atomic E-state index is -0.640. The number of carbonyl (C=O) groups excluding carboxylic acids is 2. The quantitative estimate of drug-likeness (QED) is 0.631. The molecule has 0 radical (unpaired) electrons. The maximum Gasteiger partial charge on any atom is 0.336 e. The van der Waals surface area contributed by atoms with Crippen molar-refractivity contribution in [2.75, 3.05) is 21.3 Å². The Hall–Kier alpha value is -3.25. The molecule has 7 heteroatoms. The molecule has 0 unspecified atom stereocenters. The third-order valence-corrected chi connectivity index (χ3v) is 6.67. The van der Waals surface area contributed by atoms with Gasteiger partial charge in [-0.05, 0) is 49.1 Å². The van der Waals surface area contributed by atoms with Crippen molar-refractivity contribution >= 4 is 23.4 Å². The van der Waals surface area contributed by atoms with Gasteiger partial charge in [0.1, 0.15) is 11.5 Å². The van der Waals surface area contributed by atoms with Crippen LogP contribution in [0.25, 0.3) is 0 Å². The summed E-state index contributed by atoms with van der Waals surface area (Å²) in [6.45, 7) is 1.82. The minimum absolute atomic E-state index is 0.0440. The molecule has 0 amide bonds. The van der Waals surface area contributed by atoms with Crippen molar-refractivity contribution in [2.45, 2.75) is 31.6 Å². The Morgan fingerprint density at radius 3 is 2.45 bits per heavy atom. The van der Waals surface area contributed by atoms with E-state index in [0.717, 1.165) is 11.3 Å². The van der Waals surface area contributed by atoms with Crippen molar-refractivity contribution < 1.29 is 23.8 Å². The molecule has 0 fully saturated rings. The zero-order chi connectivity index (χ0) is 23.7. The van der Waals surface area contributed by atoms with Gasteiger partial charge >= 0.3 is 5.97 Å². The monoisotopic (exact) mass is 467 g/mol. The molecule has 2 aliphatic rings. The smallest absolute Gasteiger partial charge is 0.336 e. The molecule has 0 saturated heterocycles. The van der Waals surface area contributed by atoms with Gasteiger partial charge in [-0.25, -0.2) is 4.79 Å². The lowest BCUT2D eigenvalue weighted by molar-refractivity contribution is -0.136. The number of hydrogen-bond donors (Lipinski definition) is 1. The lowest BCUT2D eigenvalue weighted by atomic mass is 9.71. The van der Waals surface area contributed by atoms with E-state index in [1.54, 1.807) is 26.4 Å². The molecule has 1 heterocycles. The Morgan fingerprint density at radius 2 is 1.79 bits per heavy atom. The number of ether oxygens (including phenoxy) is 3. The molecule has 0 aromatic heterocycles. The van der Waals surface area contributed by atoms with E-state index in [-0.39, 0.29) is 11.7 Å². The van der Waals surface area contributed by atoms with E-state index in [1.807, 2.05) is 37.3 Å². The van der Waals surface area contributed by atoms with Gasteiger partial charge in [0, 0.05) is 34.0 Å². The van der Waals surface area contributed by atoms with Gasteiger partial charge < -0.3 is 19.5 Å².